The first kappa shape index (κ1) is 13.6. The van der Waals surface area contributed by atoms with E-state index in [-0.39, 0.29) is 5.56 Å². The van der Waals surface area contributed by atoms with Gasteiger partial charge in [0.25, 0.3) is 0 Å². The molecule has 0 heterocycles. The molecule has 0 radical (unpaired) electrons. The summed E-state index contributed by atoms with van der Waals surface area (Å²) in [5, 5.41) is 0. The second-order valence-corrected chi connectivity index (χ2v) is 4.51. The smallest absolute Gasteiger partial charge is 0.316 e. The van der Waals surface area contributed by atoms with Gasteiger partial charge in [0.15, 0.2) is 0 Å². The van der Waals surface area contributed by atoms with Gasteiger partial charge in [-0.25, -0.2) is 0 Å². The topological polar surface area (TPSA) is 26.0 Å². The molecule has 0 amide bonds. The maximum atomic E-state index is 12.5. The van der Waals surface area contributed by atoms with Gasteiger partial charge in [0.2, 0.25) is 0 Å². The highest BCUT2D eigenvalue weighted by molar-refractivity contribution is 5.64. The number of hydrogen-bond acceptors (Lipinski definition) is 1. The summed E-state index contributed by atoms with van der Waals surface area (Å²) >= 11 is 0. The van der Waals surface area contributed by atoms with E-state index in [1.54, 1.807) is 12.1 Å². The van der Waals surface area contributed by atoms with Crippen molar-refractivity contribution in [1.82, 2.24) is 0 Å². The van der Waals surface area contributed by atoms with Gasteiger partial charge < -0.3 is 5.73 Å². The molecule has 0 aromatic heterocycles. The lowest BCUT2D eigenvalue weighted by Crippen LogP contribution is -2.28. The second-order valence-electron chi connectivity index (χ2n) is 4.51. The minimum atomic E-state index is -4.41. The van der Waals surface area contributed by atoms with Crippen LogP contribution in [0, 0.1) is 6.92 Å². The van der Waals surface area contributed by atoms with Gasteiger partial charge in [-0.15, -0.1) is 0 Å². The average Bonchev–Trinajstić information content (AvgIpc) is 2.38. The van der Waals surface area contributed by atoms with Crippen molar-refractivity contribution in [2.75, 3.05) is 0 Å². The number of aryl methyl sites for hydroxylation is 1. The number of halogens is 3. The first-order valence-corrected chi connectivity index (χ1v) is 5.87. The predicted molar refractivity (Wildman–Crippen MR) is 69.6 cm³/mol. The molecule has 0 saturated carbocycles. The Bertz CT molecular complexity index is 541. The highest BCUT2D eigenvalue weighted by Crippen LogP contribution is 2.31. The molecular weight excluding hydrogens is 251 g/mol. The van der Waals surface area contributed by atoms with E-state index in [2.05, 4.69) is 0 Å². The minimum absolute atomic E-state index is 0.0726. The standard InChI is InChI=1S/C15H14F3N/c1-10-2-4-11(5-3-10)12-6-8-13(9-7-12)14(19)15(16,17)18/h2-9,14H,19H2,1H3/t14-/m1/s1. The van der Waals surface area contributed by atoms with Crippen LogP contribution in [0.2, 0.25) is 0 Å². The zero-order valence-corrected chi connectivity index (χ0v) is 10.4. The molecule has 0 aliphatic rings. The van der Waals surface area contributed by atoms with E-state index in [0.29, 0.717) is 0 Å². The van der Waals surface area contributed by atoms with Gasteiger partial charge in [0.1, 0.15) is 6.04 Å². The fourth-order valence-corrected chi connectivity index (χ4v) is 1.82. The summed E-state index contributed by atoms with van der Waals surface area (Å²) in [7, 11) is 0. The lowest BCUT2D eigenvalue weighted by Gasteiger charge is -2.16. The maximum Gasteiger partial charge on any atom is 0.407 e. The summed E-state index contributed by atoms with van der Waals surface area (Å²) in [4.78, 5) is 0. The summed E-state index contributed by atoms with van der Waals surface area (Å²) in [6.45, 7) is 1.98. The molecule has 19 heavy (non-hydrogen) atoms. The molecule has 2 N–H and O–H groups in total. The number of alkyl halides is 3. The molecule has 2 aromatic rings. The lowest BCUT2D eigenvalue weighted by atomic mass is 10.0. The molecule has 0 bridgehead atoms. The monoisotopic (exact) mass is 265 g/mol. The minimum Gasteiger partial charge on any atom is -0.316 e. The van der Waals surface area contributed by atoms with Crippen LogP contribution in [-0.4, -0.2) is 6.18 Å². The molecule has 100 valence electrons. The van der Waals surface area contributed by atoms with Crippen molar-refractivity contribution in [2.45, 2.75) is 19.1 Å². The molecule has 0 aliphatic carbocycles. The third-order valence-electron chi connectivity index (χ3n) is 3.01. The molecule has 0 unspecified atom stereocenters. The Balaban J connectivity index is 2.26. The Morgan fingerprint density at radius 3 is 1.68 bits per heavy atom. The van der Waals surface area contributed by atoms with Gasteiger partial charge in [-0.3, -0.25) is 0 Å². The first-order chi connectivity index (χ1) is 8.88. The molecule has 4 heteroatoms. The van der Waals surface area contributed by atoms with Gasteiger partial charge in [-0.05, 0) is 23.6 Å². The molecule has 1 atom stereocenters. The highest BCUT2D eigenvalue weighted by atomic mass is 19.4. The first-order valence-electron chi connectivity index (χ1n) is 5.87. The highest BCUT2D eigenvalue weighted by Gasteiger charge is 2.37. The number of hydrogen-bond donors (Lipinski definition) is 1. The lowest BCUT2D eigenvalue weighted by molar-refractivity contribution is -0.149. The zero-order valence-electron chi connectivity index (χ0n) is 10.4. The molecule has 0 fully saturated rings. The van der Waals surface area contributed by atoms with E-state index in [1.165, 1.54) is 12.1 Å². The van der Waals surface area contributed by atoms with Crippen molar-refractivity contribution in [3.63, 3.8) is 0 Å². The Kier molecular flexibility index (Phi) is 3.62. The van der Waals surface area contributed by atoms with Crippen molar-refractivity contribution in [3.05, 3.63) is 59.7 Å². The van der Waals surface area contributed by atoms with Crippen molar-refractivity contribution in [1.29, 1.82) is 0 Å². The van der Waals surface area contributed by atoms with E-state index in [4.69, 9.17) is 5.73 Å². The van der Waals surface area contributed by atoms with Crippen LogP contribution in [-0.2, 0) is 0 Å². The van der Waals surface area contributed by atoms with Crippen LogP contribution < -0.4 is 5.73 Å². The zero-order chi connectivity index (χ0) is 14.0. The van der Waals surface area contributed by atoms with Gasteiger partial charge in [-0.2, -0.15) is 13.2 Å². The van der Waals surface area contributed by atoms with Gasteiger partial charge in [0, 0.05) is 0 Å². The van der Waals surface area contributed by atoms with Crippen molar-refractivity contribution in [2.24, 2.45) is 5.73 Å². The molecule has 2 rings (SSSR count). The summed E-state index contributed by atoms with van der Waals surface area (Å²) < 4.78 is 37.4. The van der Waals surface area contributed by atoms with Crippen molar-refractivity contribution < 1.29 is 13.2 Å². The molecule has 0 saturated heterocycles. The van der Waals surface area contributed by atoms with Gasteiger partial charge in [0.05, 0.1) is 0 Å². The molecular formula is C15H14F3N. The quantitative estimate of drug-likeness (QED) is 0.864. The van der Waals surface area contributed by atoms with E-state index in [0.717, 1.165) is 16.7 Å². The van der Waals surface area contributed by atoms with Crippen molar-refractivity contribution in [3.8, 4) is 11.1 Å². The molecule has 1 nitrogen and oxygen atoms in total. The van der Waals surface area contributed by atoms with Crippen LogP contribution in [0.4, 0.5) is 13.2 Å². The van der Waals surface area contributed by atoms with Crippen LogP contribution in [0.5, 0.6) is 0 Å². The molecule has 0 spiro atoms. The third kappa shape index (κ3) is 3.15. The Morgan fingerprint density at radius 1 is 0.842 bits per heavy atom. The average molecular weight is 265 g/mol. The summed E-state index contributed by atoms with van der Waals surface area (Å²) in [6, 6.07) is 12.0. The Hall–Kier alpha value is -1.81. The molecule has 2 aromatic carbocycles. The molecule has 0 aliphatic heterocycles. The van der Waals surface area contributed by atoms with Crippen LogP contribution in [0.25, 0.3) is 11.1 Å². The van der Waals surface area contributed by atoms with E-state index in [1.807, 2.05) is 31.2 Å². The van der Waals surface area contributed by atoms with Crippen LogP contribution in [0.3, 0.4) is 0 Å². The van der Waals surface area contributed by atoms with Gasteiger partial charge >= 0.3 is 6.18 Å². The predicted octanol–water partition coefficient (Wildman–Crippen LogP) is 4.22. The fraction of sp³-hybridized carbons (Fsp3) is 0.200. The van der Waals surface area contributed by atoms with E-state index < -0.39 is 12.2 Å². The SMILES string of the molecule is Cc1ccc(-c2ccc([C@@H](N)C(F)(F)F)cc2)cc1. The summed E-state index contributed by atoms with van der Waals surface area (Å²) in [5.74, 6) is 0. The normalized spacial score (nSPS) is 13.3. The van der Waals surface area contributed by atoms with Crippen LogP contribution in [0.1, 0.15) is 17.2 Å². The number of rotatable bonds is 2. The Labute approximate surface area is 109 Å². The van der Waals surface area contributed by atoms with Crippen molar-refractivity contribution >= 4 is 0 Å². The summed E-state index contributed by atoms with van der Waals surface area (Å²) in [5.41, 5.74) is 8.21. The van der Waals surface area contributed by atoms with Crippen LogP contribution >= 0.6 is 0 Å². The number of nitrogens with two attached hydrogens (primary N) is 1. The maximum absolute atomic E-state index is 12.5. The van der Waals surface area contributed by atoms with Crippen LogP contribution in [0.15, 0.2) is 48.5 Å². The van der Waals surface area contributed by atoms with E-state index >= 15 is 0 Å². The Morgan fingerprint density at radius 2 is 1.26 bits per heavy atom. The number of benzene rings is 2. The third-order valence-corrected chi connectivity index (χ3v) is 3.01. The van der Waals surface area contributed by atoms with Gasteiger partial charge in [-0.1, -0.05) is 54.1 Å². The largest absolute Gasteiger partial charge is 0.407 e. The summed E-state index contributed by atoms with van der Waals surface area (Å²) in [6.07, 6.45) is -4.41. The fourth-order valence-electron chi connectivity index (χ4n) is 1.82. The second kappa shape index (κ2) is 5.05. The van der Waals surface area contributed by atoms with E-state index in [9.17, 15) is 13.2 Å².